The summed E-state index contributed by atoms with van der Waals surface area (Å²) in [5.41, 5.74) is 0. The van der Waals surface area contributed by atoms with Crippen LogP contribution >= 0.6 is 11.8 Å². The number of unbranched alkanes of at least 4 members (excludes halogenated alkanes) is 1. The van der Waals surface area contributed by atoms with Gasteiger partial charge in [-0.2, -0.15) is 0 Å². The lowest BCUT2D eigenvalue weighted by molar-refractivity contribution is 0.302. The molecule has 2 aromatic rings. The van der Waals surface area contributed by atoms with Crippen molar-refractivity contribution in [1.29, 1.82) is 0 Å². The average molecular weight is 257 g/mol. The highest BCUT2D eigenvalue weighted by molar-refractivity contribution is 7.99. The number of benzene rings is 2. The van der Waals surface area contributed by atoms with Gasteiger partial charge in [0.25, 0.3) is 0 Å². The number of para-hydroxylation sites is 1. The molecule has 0 heterocycles. The van der Waals surface area contributed by atoms with Gasteiger partial charge in [-0.25, -0.2) is 0 Å². The van der Waals surface area contributed by atoms with Crippen LogP contribution in [0, 0.1) is 6.07 Å². The van der Waals surface area contributed by atoms with E-state index >= 15 is 0 Å². The lowest BCUT2D eigenvalue weighted by atomic mass is 10.3. The van der Waals surface area contributed by atoms with Crippen molar-refractivity contribution >= 4 is 11.8 Å². The Bertz CT molecular complexity index is 468. The van der Waals surface area contributed by atoms with E-state index in [-0.39, 0.29) is 0 Å². The molecule has 0 amide bonds. The van der Waals surface area contributed by atoms with Crippen LogP contribution < -0.4 is 4.74 Å². The van der Waals surface area contributed by atoms with E-state index in [1.807, 2.05) is 36.4 Å². The predicted molar refractivity (Wildman–Crippen MR) is 76.2 cm³/mol. The molecule has 0 saturated heterocycles. The number of hydrogen-bond acceptors (Lipinski definition) is 2. The maximum Gasteiger partial charge on any atom is 0.133 e. The third-order valence-electron chi connectivity index (χ3n) is 2.51. The maximum absolute atomic E-state index is 5.82. The number of rotatable bonds is 6. The zero-order chi connectivity index (χ0) is 12.6. The largest absolute Gasteiger partial charge is 0.492 e. The highest BCUT2D eigenvalue weighted by Gasteiger charge is 2.04. The summed E-state index contributed by atoms with van der Waals surface area (Å²) < 4.78 is 5.82. The van der Waals surface area contributed by atoms with E-state index in [9.17, 15) is 0 Å². The van der Waals surface area contributed by atoms with E-state index in [1.165, 1.54) is 0 Å². The van der Waals surface area contributed by atoms with Crippen molar-refractivity contribution in [1.82, 2.24) is 0 Å². The first-order chi connectivity index (χ1) is 8.90. The molecule has 93 valence electrons. The summed E-state index contributed by atoms with van der Waals surface area (Å²) in [5.74, 6) is 0.966. The van der Waals surface area contributed by atoms with Crippen LogP contribution in [0.2, 0.25) is 0 Å². The van der Waals surface area contributed by atoms with Crippen molar-refractivity contribution in [3.8, 4) is 5.75 Å². The smallest absolute Gasteiger partial charge is 0.133 e. The highest BCUT2D eigenvalue weighted by atomic mass is 32.2. The van der Waals surface area contributed by atoms with Gasteiger partial charge in [0.1, 0.15) is 5.75 Å². The van der Waals surface area contributed by atoms with Gasteiger partial charge in [0, 0.05) is 4.90 Å². The fraction of sp³-hybridized carbons (Fsp3) is 0.250. The van der Waals surface area contributed by atoms with Crippen LogP contribution in [0.1, 0.15) is 19.8 Å². The van der Waals surface area contributed by atoms with Gasteiger partial charge >= 0.3 is 0 Å². The first kappa shape index (κ1) is 13.0. The molecule has 0 aliphatic rings. The maximum atomic E-state index is 5.82. The molecule has 0 saturated carbocycles. The minimum absolute atomic E-state index is 0.784. The SMILES string of the molecule is CCCCOc1ccccc1Sc1[c]cccc1. The van der Waals surface area contributed by atoms with Crippen molar-refractivity contribution in [3.05, 3.63) is 54.6 Å². The molecule has 1 radical (unpaired) electrons. The Labute approximate surface area is 113 Å². The molecular formula is C16H17OS. The normalized spacial score (nSPS) is 10.3. The Balaban J connectivity index is 2.07. The lowest BCUT2D eigenvalue weighted by Gasteiger charge is -2.10. The molecule has 0 spiro atoms. The Morgan fingerprint density at radius 2 is 1.94 bits per heavy atom. The van der Waals surface area contributed by atoms with Crippen molar-refractivity contribution in [2.24, 2.45) is 0 Å². The second kappa shape index (κ2) is 7.12. The quantitative estimate of drug-likeness (QED) is 0.686. The summed E-state index contributed by atoms with van der Waals surface area (Å²) in [7, 11) is 0. The molecule has 1 nitrogen and oxygen atoms in total. The van der Waals surface area contributed by atoms with Crippen molar-refractivity contribution in [2.45, 2.75) is 29.6 Å². The monoisotopic (exact) mass is 257 g/mol. The van der Waals surface area contributed by atoms with Gasteiger partial charge in [-0.05, 0) is 30.7 Å². The van der Waals surface area contributed by atoms with E-state index in [2.05, 4.69) is 25.1 Å². The summed E-state index contributed by atoms with van der Waals surface area (Å²) in [6.07, 6.45) is 2.25. The van der Waals surface area contributed by atoms with Gasteiger partial charge in [-0.15, -0.1) is 0 Å². The topological polar surface area (TPSA) is 9.23 Å². The Hall–Kier alpha value is -1.41. The number of hydrogen-bond donors (Lipinski definition) is 0. The van der Waals surface area contributed by atoms with Crippen LogP contribution in [0.4, 0.5) is 0 Å². The molecule has 0 aromatic heterocycles. The lowest BCUT2D eigenvalue weighted by Crippen LogP contribution is -1.97. The van der Waals surface area contributed by atoms with Gasteiger partial charge < -0.3 is 4.74 Å². The first-order valence-electron chi connectivity index (χ1n) is 6.26. The molecule has 2 aromatic carbocycles. The van der Waals surface area contributed by atoms with Crippen LogP contribution in [0.25, 0.3) is 0 Å². The molecule has 0 unspecified atom stereocenters. The third-order valence-corrected chi connectivity index (χ3v) is 3.54. The minimum atomic E-state index is 0.784. The zero-order valence-electron chi connectivity index (χ0n) is 10.6. The molecule has 0 bridgehead atoms. The summed E-state index contributed by atoms with van der Waals surface area (Å²) in [4.78, 5) is 2.26. The van der Waals surface area contributed by atoms with Crippen LogP contribution in [0.5, 0.6) is 5.75 Å². The van der Waals surface area contributed by atoms with E-state index in [1.54, 1.807) is 11.8 Å². The summed E-state index contributed by atoms with van der Waals surface area (Å²) in [5, 5.41) is 0. The van der Waals surface area contributed by atoms with Gasteiger partial charge in [0.2, 0.25) is 0 Å². The highest BCUT2D eigenvalue weighted by Crippen LogP contribution is 2.34. The minimum Gasteiger partial charge on any atom is -0.492 e. The number of ether oxygens (including phenoxy) is 1. The Kier molecular flexibility index (Phi) is 5.15. The fourth-order valence-electron chi connectivity index (χ4n) is 1.54. The standard InChI is InChI=1S/C16H17OS/c1-2-3-13-17-15-11-7-8-12-16(15)18-14-9-5-4-6-10-14/h4-9,11-12H,2-3,13H2,1H3. The van der Waals surface area contributed by atoms with Gasteiger partial charge in [0.05, 0.1) is 11.5 Å². The molecule has 2 heteroatoms. The van der Waals surface area contributed by atoms with E-state index in [4.69, 9.17) is 4.74 Å². The summed E-state index contributed by atoms with van der Waals surface area (Å²) >= 11 is 1.69. The van der Waals surface area contributed by atoms with Crippen LogP contribution in [-0.2, 0) is 0 Å². The Morgan fingerprint density at radius 3 is 2.72 bits per heavy atom. The van der Waals surface area contributed by atoms with Crippen molar-refractivity contribution in [2.75, 3.05) is 6.61 Å². The van der Waals surface area contributed by atoms with Crippen LogP contribution in [0.15, 0.2) is 58.3 Å². The fourth-order valence-corrected chi connectivity index (χ4v) is 2.42. The van der Waals surface area contributed by atoms with E-state index in [0.717, 1.165) is 35.0 Å². The first-order valence-corrected chi connectivity index (χ1v) is 7.08. The average Bonchev–Trinajstić information content (AvgIpc) is 2.42. The zero-order valence-corrected chi connectivity index (χ0v) is 11.4. The summed E-state index contributed by atoms with van der Waals surface area (Å²) in [6, 6.07) is 19.4. The van der Waals surface area contributed by atoms with E-state index < -0.39 is 0 Å². The van der Waals surface area contributed by atoms with E-state index in [0.29, 0.717) is 0 Å². The van der Waals surface area contributed by atoms with Crippen molar-refractivity contribution < 1.29 is 4.74 Å². The molecule has 0 fully saturated rings. The molecular weight excluding hydrogens is 240 g/mol. The molecule has 0 aliphatic carbocycles. The van der Waals surface area contributed by atoms with Gasteiger partial charge in [0.15, 0.2) is 0 Å². The van der Waals surface area contributed by atoms with Crippen molar-refractivity contribution in [3.63, 3.8) is 0 Å². The second-order valence-corrected chi connectivity index (χ2v) is 5.06. The predicted octanol–water partition coefficient (Wildman–Crippen LogP) is 4.82. The van der Waals surface area contributed by atoms with Crippen LogP contribution in [0.3, 0.4) is 0 Å². The third kappa shape index (κ3) is 3.81. The molecule has 0 aliphatic heterocycles. The molecule has 18 heavy (non-hydrogen) atoms. The molecule has 2 rings (SSSR count). The molecule has 0 N–H and O–H groups in total. The van der Waals surface area contributed by atoms with Gasteiger partial charge in [-0.1, -0.05) is 55.4 Å². The van der Waals surface area contributed by atoms with Gasteiger partial charge in [-0.3, -0.25) is 0 Å². The Morgan fingerprint density at radius 1 is 1.11 bits per heavy atom. The van der Waals surface area contributed by atoms with Crippen LogP contribution in [-0.4, -0.2) is 6.61 Å². The molecule has 0 atom stereocenters. The second-order valence-electron chi connectivity index (χ2n) is 3.98. The summed E-state index contributed by atoms with van der Waals surface area (Å²) in [6.45, 7) is 2.95.